The van der Waals surface area contributed by atoms with E-state index in [1.807, 2.05) is 0 Å². The zero-order chi connectivity index (χ0) is 61.4. The summed E-state index contributed by atoms with van der Waals surface area (Å²) in [6.07, 6.45) is 44.8. The van der Waals surface area contributed by atoms with Crippen LogP contribution < -0.4 is 7.16 Å². The Morgan fingerprint density at radius 3 is 0.791 bits per heavy atom. The predicted octanol–water partition coefficient (Wildman–Crippen LogP) is 24.7. The SMILES string of the molecule is CCCCCCCCC1(CCCCCCCC)c2c[c]([Sn]([CH2]CCC)([CH2]CCC)[CH2]CCC)c3nonc3c2-c2c(F)c3c(c(F)c21)-c1c(c[c]([Sn]([CH2]CCC)([CH2]CCC)[CH2]CCC)c2nonc12)C3(CCCCCCCC)CCCCCCCC. The third kappa shape index (κ3) is 15.9. The van der Waals surface area contributed by atoms with Gasteiger partial charge >= 0.3 is 536 Å². The summed E-state index contributed by atoms with van der Waals surface area (Å²) in [7, 11) is 0. The van der Waals surface area contributed by atoms with Crippen molar-refractivity contribution in [2.75, 3.05) is 0 Å². The number of hydrogen-bond donors (Lipinski definition) is 0. The van der Waals surface area contributed by atoms with Gasteiger partial charge in [-0.3, -0.25) is 0 Å². The zero-order valence-corrected chi connectivity index (χ0v) is 62.8. The van der Waals surface area contributed by atoms with Crippen LogP contribution in [0, 0.1) is 11.6 Å². The van der Waals surface area contributed by atoms with Crippen molar-refractivity contribution in [3.05, 3.63) is 46.0 Å². The van der Waals surface area contributed by atoms with E-state index in [1.165, 1.54) is 149 Å². The van der Waals surface area contributed by atoms with Gasteiger partial charge in [0.1, 0.15) is 0 Å². The molecule has 2 aliphatic rings. The second-order valence-electron chi connectivity index (χ2n) is 28.2. The normalized spacial score (nSPS) is 14.3. The average molecular weight is 1400 g/mol. The van der Waals surface area contributed by atoms with E-state index in [9.17, 15) is 0 Å². The van der Waals surface area contributed by atoms with Crippen molar-refractivity contribution in [3.63, 3.8) is 0 Å². The van der Waals surface area contributed by atoms with Crippen molar-refractivity contribution in [2.24, 2.45) is 0 Å². The third-order valence-electron chi connectivity index (χ3n) is 22.0. The van der Waals surface area contributed by atoms with Crippen LogP contribution in [0.2, 0.25) is 26.6 Å². The molecule has 86 heavy (non-hydrogen) atoms. The molecule has 5 aromatic rings. The first-order valence-electron chi connectivity index (χ1n) is 37.3. The number of fused-ring (bicyclic) bond motifs is 10. The molecule has 2 aromatic heterocycles. The van der Waals surface area contributed by atoms with Gasteiger partial charge in [0.25, 0.3) is 0 Å². The van der Waals surface area contributed by atoms with Gasteiger partial charge < -0.3 is 0 Å². The molecular weight excluding hydrogens is 1280 g/mol. The monoisotopic (exact) mass is 1400 g/mol. The molecule has 0 saturated heterocycles. The summed E-state index contributed by atoms with van der Waals surface area (Å²) in [5.74, 6) is -0.394. The Labute approximate surface area is 532 Å². The summed E-state index contributed by atoms with van der Waals surface area (Å²) < 4.78 is 64.0. The fourth-order valence-corrected chi connectivity index (χ4v) is 50.0. The van der Waals surface area contributed by atoms with E-state index in [0.717, 1.165) is 175 Å². The van der Waals surface area contributed by atoms with E-state index in [1.54, 1.807) is 0 Å². The van der Waals surface area contributed by atoms with Gasteiger partial charge in [-0.2, -0.15) is 0 Å². The molecule has 2 heterocycles. The van der Waals surface area contributed by atoms with Crippen LogP contribution in [-0.2, 0) is 10.8 Å². The van der Waals surface area contributed by atoms with E-state index in [0.29, 0.717) is 33.3 Å². The van der Waals surface area contributed by atoms with Gasteiger partial charge in [0.05, 0.1) is 0 Å². The number of hydrogen-bond acceptors (Lipinski definition) is 6. The quantitative estimate of drug-likeness (QED) is 0.0285. The van der Waals surface area contributed by atoms with E-state index in [4.69, 9.17) is 29.9 Å². The average Bonchev–Trinajstić information content (AvgIpc) is 1.50. The zero-order valence-electron chi connectivity index (χ0n) is 57.0. The molecule has 0 amide bonds. The molecule has 2 aliphatic carbocycles. The van der Waals surface area contributed by atoms with Gasteiger partial charge in [-0.25, -0.2) is 0 Å². The molecule has 0 unspecified atom stereocenters. The van der Waals surface area contributed by atoms with Crippen molar-refractivity contribution < 1.29 is 18.0 Å². The molecule has 0 spiro atoms. The second-order valence-corrected chi connectivity index (χ2v) is 54.4. The third-order valence-corrected chi connectivity index (χ3v) is 53.1. The Balaban J connectivity index is 1.65. The van der Waals surface area contributed by atoms with Crippen molar-refractivity contribution in [1.82, 2.24) is 20.6 Å². The van der Waals surface area contributed by atoms with Gasteiger partial charge in [-0.15, -0.1) is 0 Å². The minimum atomic E-state index is -3.38. The van der Waals surface area contributed by atoms with Crippen LogP contribution in [0.3, 0.4) is 0 Å². The molecule has 0 bridgehead atoms. The Morgan fingerprint density at radius 1 is 0.302 bits per heavy atom. The summed E-state index contributed by atoms with van der Waals surface area (Å²) in [6.45, 7) is 23.3. The van der Waals surface area contributed by atoms with Crippen LogP contribution in [0.25, 0.3) is 44.3 Å². The fraction of sp³-hybridized carbons (Fsp3) is 0.763. The maximum absolute atomic E-state index is 20.7. The van der Waals surface area contributed by atoms with Crippen molar-refractivity contribution in [2.45, 2.75) is 364 Å². The van der Waals surface area contributed by atoms with Crippen molar-refractivity contribution in [3.8, 4) is 22.3 Å². The number of halogens is 2. The molecule has 0 aliphatic heterocycles. The van der Waals surface area contributed by atoms with Crippen LogP contribution in [0.5, 0.6) is 0 Å². The van der Waals surface area contributed by atoms with Crippen molar-refractivity contribution >= 4 is 66.0 Å². The topological polar surface area (TPSA) is 77.8 Å². The van der Waals surface area contributed by atoms with E-state index in [-0.39, 0.29) is 11.6 Å². The number of rotatable bonds is 48. The van der Waals surface area contributed by atoms with Gasteiger partial charge in [0.15, 0.2) is 0 Å². The van der Waals surface area contributed by atoms with Crippen LogP contribution in [0.15, 0.2) is 21.4 Å². The summed E-state index contributed by atoms with van der Waals surface area (Å²) >= 11 is -6.75. The van der Waals surface area contributed by atoms with Crippen molar-refractivity contribution in [1.29, 1.82) is 0 Å². The second kappa shape index (κ2) is 36.2. The van der Waals surface area contributed by atoms with Crippen LogP contribution >= 0.6 is 0 Å². The maximum atomic E-state index is 20.7. The van der Waals surface area contributed by atoms with Crippen LogP contribution in [-0.4, -0.2) is 57.4 Å². The Kier molecular flexibility index (Phi) is 30.1. The van der Waals surface area contributed by atoms with Gasteiger partial charge in [0.2, 0.25) is 0 Å². The Hall–Kier alpha value is -2.08. The first-order chi connectivity index (χ1) is 42.1. The van der Waals surface area contributed by atoms with E-state index in [2.05, 4.69) is 81.4 Å². The molecule has 7 rings (SSSR count). The summed E-state index contributed by atoms with van der Waals surface area (Å²) in [4.78, 5) is 0. The molecule has 0 N–H and O–H groups in total. The molecular formula is C76H124F2N4O2Sn2. The van der Waals surface area contributed by atoms with Gasteiger partial charge in [-0.05, 0) is 0 Å². The van der Waals surface area contributed by atoms with Crippen LogP contribution in [0.1, 0.15) is 348 Å². The summed E-state index contributed by atoms with van der Waals surface area (Å²) in [6, 6.07) is 5.21. The van der Waals surface area contributed by atoms with E-state index < -0.39 is 47.6 Å². The first kappa shape index (κ1) is 71.4. The molecule has 0 fully saturated rings. The minimum absolute atomic E-state index is 0.197. The molecule has 10 heteroatoms. The predicted molar refractivity (Wildman–Crippen MR) is 371 cm³/mol. The fourth-order valence-electron chi connectivity index (χ4n) is 17.0. The first-order valence-corrected chi connectivity index (χ1v) is 52.2. The summed E-state index contributed by atoms with van der Waals surface area (Å²) in [5.41, 5.74) is 7.79. The molecule has 0 atom stereocenters. The molecule has 0 radical (unpaired) electrons. The molecule has 6 nitrogen and oxygen atoms in total. The Bertz CT molecular complexity index is 2540. The standard InChI is InChI=1S/C52H70F2N4O2.6C4H9.2Sn/c1-5-9-13-17-21-25-33-51(34-26-22-18-14-10-6-2)37-29-31-39-49(57-59-55-39)41(37)43-45(51)47(53)44-42-38(30-32-40-50(42)58-60-56-40)52(46(44)48(43)54,35-27-23-19-15-11-7-3)36-28-24-20-16-12-8-4;6*1-3-4-2;;/h29-30H,5-28,33-36H2,1-4H3;6*1,3-4H2,2H3;;. The van der Waals surface area contributed by atoms with Gasteiger partial charge in [-0.1, -0.05) is 0 Å². The number of unbranched alkanes of at least 4 members (excludes halogenated alkanes) is 26. The van der Waals surface area contributed by atoms with E-state index >= 15 is 8.78 Å². The Morgan fingerprint density at radius 2 is 0.535 bits per heavy atom. The van der Waals surface area contributed by atoms with Gasteiger partial charge in [0, 0.05) is 0 Å². The molecule has 482 valence electrons. The number of nitrogens with zero attached hydrogens (tertiary/aromatic N) is 4. The number of aromatic nitrogens is 4. The number of benzene rings is 3. The summed E-state index contributed by atoms with van der Waals surface area (Å²) in [5, 5.41) is 20.0. The van der Waals surface area contributed by atoms with Crippen LogP contribution in [0.4, 0.5) is 8.78 Å². The molecule has 3 aromatic carbocycles. The molecule has 0 saturated carbocycles.